The molecule has 0 aromatic rings. The second-order valence-electron chi connectivity index (χ2n) is 13.6. The molecule has 0 aromatic heterocycles. The predicted octanol–water partition coefficient (Wildman–Crippen LogP) is 12.9. The normalized spacial score (nSPS) is 19.3. The molecular weight excluding hydrogens is 550 g/mol. The number of rotatable bonds is 32. The van der Waals surface area contributed by atoms with Crippen molar-refractivity contribution in [3.05, 3.63) is 48.6 Å². The van der Waals surface area contributed by atoms with Gasteiger partial charge in [0.2, 0.25) is 0 Å². The van der Waals surface area contributed by atoms with Crippen molar-refractivity contribution in [2.75, 3.05) is 13.2 Å². The zero-order valence-corrected chi connectivity index (χ0v) is 30.3. The molecule has 1 saturated carbocycles. The molecule has 262 valence electrons. The van der Waals surface area contributed by atoms with E-state index >= 15 is 0 Å². The lowest BCUT2D eigenvalue weighted by Crippen LogP contribution is -2.40. The lowest BCUT2D eigenvalue weighted by molar-refractivity contribution is -0.0512. The Kier molecular flexibility index (Phi) is 31.8. The van der Waals surface area contributed by atoms with Crippen LogP contribution in [-0.4, -0.2) is 31.5 Å². The summed E-state index contributed by atoms with van der Waals surface area (Å²) in [5.41, 5.74) is 6.37. The van der Waals surface area contributed by atoms with Gasteiger partial charge in [-0.2, -0.15) is 0 Å². The van der Waals surface area contributed by atoms with Crippen molar-refractivity contribution in [1.29, 1.82) is 0 Å². The number of hydrogen-bond donors (Lipinski definition) is 1. The number of allylic oxidation sites excluding steroid dienone is 8. The van der Waals surface area contributed by atoms with Crippen LogP contribution in [0, 0.1) is 0 Å². The molecule has 45 heavy (non-hydrogen) atoms. The minimum atomic E-state index is 0.223. The zero-order chi connectivity index (χ0) is 32.3. The van der Waals surface area contributed by atoms with E-state index in [0.29, 0.717) is 0 Å². The van der Waals surface area contributed by atoms with Gasteiger partial charge in [-0.25, -0.2) is 0 Å². The molecule has 3 heteroatoms. The molecule has 0 aliphatic heterocycles. The fourth-order valence-electron chi connectivity index (χ4n) is 6.21. The summed E-state index contributed by atoms with van der Waals surface area (Å²) in [6.45, 7) is 6.29. The van der Waals surface area contributed by atoms with Crippen LogP contribution in [0.2, 0.25) is 0 Å². The first-order valence-corrected chi connectivity index (χ1v) is 19.8. The molecule has 0 amide bonds. The van der Waals surface area contributed by atoms with Gasteiger partial charge in [0, 0.05) is 19.3 Å². The lowest BCUT2D eigenvalue weighted by Gasteiger charge is -2.33. The average Bonchev–Trinajstić information content (AvgIpc) is 3.03. The van der Waals surface area contributed by atoms with E-state index < -0.39 is 0 Å². The largest absolute Gasteiger partial charge is 0.378 e. The summed E-state index contributed by atoms with van der Waals surface area (Å²) in [7, 11) is 0. The van der Waals surface area contributed by atoms with Gasteiger partial charge in [0.25, 0.3) is 0 Å². The quantitative estimate of drug-likeness (QED) is 0.0596. The number of unbranched alkanes of at least 4 members (excludes halogenated alkanes) is 18. The summed E-state index contributed by atoms with van der Waals surface area (Å²) in [5.74, 6) is 0. The highest BCUT2D eigenvalue weighted by atomic mass is 16.5. The third-order valence-electron chi connectivity index (χ3n) is 9.05. The standard InChI is InChI=1S/C42H77NO2/c1-3-5-7-9-11-13-15-17-19-21-23-25-27-29-31-33-35-44-41-37-40(43)38-42(39-41)45-36-34-32-30-28-26-24-22-20-18-16-14-12-10-8-6-4-2/h11-14,17-20,40-42H,3-10,15-16,21-39,43H2,1-2H3. The molecular formula is C42H77NO2. The fraction of sp³-hybridized carbons (Fsp3) is 0.810. The van der Waals surface area contributed by atoms with Gasteiger partial charge in [-0.15, -0.1) is 0 Å². The minimum Gasteiger partial charge on any atom is -0.378 e. The van der Waals surface area contributed by atoms with E-state index in [1.54, 1.807) is 0 Å². The monoisotopic (exact) mass is 628 g/mol. The Hall–Kier alpha value is -1.16. The third kappa shape index (κ3) is 30.0. The van der Waals surface area contributed by atoms with E-state index in [0.717, 1.165) is 45.3 Å². The molecule has 0 spiro atoms. The Morgan fingerprint density at radius 1 is 0.422 bits per heavy atom. The molecule has 2 N–H and O–H groups in total. The van der Waals surface area contributed by atoms with Crippen LogP contribution in [0.4, 0.5) is 0 Å². The van der Waals surface area contributed by atoms with Crippen molar-refractivity contribution in [1.82, 2.24) is 0 Å². The molecule has 1 aliphatic rings. The predicted molar refractivity (Wildman–Crippen MR) is 200 cm³/mol. The van der Waals surface area contributed by atoms with Crippen molar-refractivity contribution < 1.29 is 9.47 Å². The molecule has 3 nitrogen and oxygen atoms in total. The van der Waals surface area contributed by atoms with E-state index in [4.69, 9.17) is 15.2 Å². The Morgan fingerprint density at radius 2 is 0.756 bits per heavy atom. The number of nitrogens with two attached hydrogens (primary N) is 1. The Morgan fingerprint density at radius 3 is 1.13 bits per heavy atom. The summed E-state index contributed by atoms with van der Waals surface area (Å²) >= 11 is 0. The highest BCUT2D eigenvalue weighted by Gasteiger charge is 2.27. The van der Waals surface area contributed by atoms with E-state index in [1.807, 2.05) is 0 Å². The second kappa shape index (κ2) is 34.2. The lowest BCUT2D eigenvalue weighted by atomic mass is 9.91. The van der Waals surface area contributed by atoms with Crippen molar-refractivity contribution in [2.45, 2.75) is 205 Å². The molecule has 0 saturated heterocycles. The molecule has 0 bridgehead atoms. The first-order valence-electron chi connectivity index (χ1n) is 19.8. The Labute approximate surface area is 282 Å². The summed E-state index contributed by atoms with van der Waals surface area (Å²) in [6.07, 6.45) is 53.1. The maximum atomic E-state index is 6.37. The highest BCUT2D eigenvalue weighted by Crippen LogP contribution is 2.24. The maximum Gasteiger partial charge on any atom is 0.0614 e. The maximum absolute atomic E-state index is 6.37. The molecule has 2 atom stereocenters. The van der Waals surface area contributed by atoms with E-state index in [9.17, 15) is 0 Å². The zero-order valence-electron chi connectivity index (χ0n) is 30.3. The second-order valence-corrected chi connectivity index (χ2v) is 13.6. The van der Waals surface area contributed by atoms with Crippen LogP contribution in [0.3, 0.4) is 0 Å². The Bertz CT molecular complexity index is 653. The van der Waals surface area contributed by atoms with E-state index in [-0.39, 0.29) is 18.2 Å². The van der Waals surface area contributed by atoms with Crippen LogP contribution >= 0.6 is 0 Å². The first-order chi connectivity index (χ1) is 22.3. The molecule has 0 radical (unpaired) electrons. The van der Waals surface area contributed by atoms with Gasteiger partial charge < -0.3 is 15.2 Å². The highest BCUT2D eigenvalue weighted by molar-refractivity contribution is 4.93. The first kappa shape index (κ1) is 41.9. The Balaban J connectivity index is 1.90. The third-order valence-corrected chi connectivity index (χ3v) is 9.05. The van der Waals surface area contributed by atoms with Gasteiger partial charge in [0.05, 0.1) is 12.2 Å². The van der Waals surface area contributed by atoms with Gasteiger partial charge in [-0.3, -0.25) is 0 Å². The fourth-order valence-corrected chi connectivity index (χ4v) is 6.21. The molecule has 1 aliphatic carbocycles. The summed E-state index contributed by atoms with van der Waals surface area (Å²) in [4.78, 5) is 0. The van der Waals surface area contributed by atoms with Crippen LogP contribution in [0.1, 0.15) is 187 Å². The van der Waals surface area contributed by atoms with Gasteiger partial charge in [0.15, 0.2) is 0 Å². The van der Waals surface area contributed by atoms with Gasteiger partial charge in [-0.1, -0.05) is 140 Å². The number of hydrogen-bond acceptors (Lipinski definition) is 3. The van der Waals surface area contributed by atoms with Gasteiger partial charge >= 0.3 is 0 Å². The van der Waals surface area contributed by atoms with Crippen LogP contribution in [0.5, 0.6) is 0 Å². The minimum absolute atomic E-state index is 0.223. The van der Waals surface area contributed by atoms with Crippen molar-refractivity contribution >= 4 is 0 Å². The molecule has 0 aromatic carbocycles. The van der Waals surface area contributed by atoms with Crippen LogP contribution in [0.25, 0.3) is 0 Å². The van der Waals surface area contributed by atoms with Crippen molar-refractivity contribution in [3.63, 3.8) is 0 Å². The molecule has 1 rings (SSSR count). The van der Waals surface area contributed by atoms with E-state index in [1.165, 1.54) is 141 Å². The van der Waals surface area contributed by atoms with E-state index in [2.05, 4.69) is 62.5 Å². The topological polar surface area (TPSA) is 44.5 Å². The summed E-state index contributed by atoms with van der Waals surface area (Å²) < 4.78 is 12.5. The van der Waals surface area contributed by atoms with Crippen molar-refractivity contribution in [3.8, 4) is 0 Å². The molecule has 2 unspecified atom stereocenters. The SMILES string of the molecule is CCCCCC=CCC=CCCCCCCCCOC1CC(N)CC(OCCCCCCCCC=CCC=CCCCCC)C1. The van der Waals surface area contributed by atoms with Crippen LogP contribution < -0.4 is 5.73 Å². The smallest absolute Gasteiger partial charge is 0.0614 e. The summed E-state index contributed by atoms with van der Waals surface area (Å²) in [5, 5.41) is 0. The van der Waals surface area contributed by atoms with Gasteiger partial charge in [0.1, 0.15) is 0 Å². The number of ether oxygens (including phenoxy) is 2. The van der Waals surface area contributed by atoms with Crippen molar-refractivity contribution in [2.24, 2.45) is 5.73 Å². The average molecular weight is 628 g/mol. The van der Waals surface area contributed by atoms with Gasteiger partial charge in [-0.05, 0) is 96.3 Å². The summed E-state index contributed by atoms with van der Waals surface area (Å²) in [6, 6.07) is 0.223. The molecule has 0 heterocycles. The molecule has 1 fully saturated rings. The van der Waals surface area contributed by atoms with Crippen LogP contribution in [0.15, 0.2) is 48.6 Å². The van der Waals surface area contributed by atoms with Crippen LogP contribution in [-0.2, 0) is 9.47 Å².